The van der Waals surface area contributed by atoms with Crippen LogP contribution in [0.15, 0.2) is 18.2 Å². The van der Waals surface area contributed by atoms with Gasteiger partial charge in [0.05, 0.1) is 11.0 Å². The molecule has 0 saturated carbocycles. The van der Waals surface area contributed by atoms with Gasteiger partial charge in [-0.05, 0) is 38.1 Å². The monoisotopic (exact) mass is 288 g/mol. The summed E-state index contributed by atoms with van der Waals surface area (Å²) in [5, 5.41) is 1.25. The molecule has 2 nitrogen and oxygen atoms in total. The molecule has 1 saturated heterocycles. The van der Waals surface area contributed by atoms with Gasteiger partial charge in [0.2, 0.25) is 0 Å². The lowest BCUT2D eigenvalue weighted by Gasteiger charge is -2.28. The Morgan fingerprint density at radius 2 is 1.76 bits per heavy atom. The van der Waals surface area contributed by atoms with Crippen molar-refractivity contribution in [2.24, 2.45) is 5.73 Å². The lowest BCUT2D eigenvalue weighted by Crippen LogP contribution is -2.35. The molecule has 1 unspecified atom stereocenters. The highest BCUT2D eigenvalue weighted by atomic mass is 35.5. The zero-order valence-electron chi connectivity index (χ0n) is 9.33. The van der Waals surface area contributed by atoms with Crippen molar-refractivity contribution in [3.05, 3.63) is 33.8 Å². The normalized spacial score (nSPS) is 18.2. The van der Waals surface area contributed by atoms with E-state index in [-0.39, 0.29) is 6.04 Å². The molecular formula is C12H14Cl2N2S. The Hall–Kier alpha value is -0.350. The maximum atomic E-state index is 6.22. The quantitative estimate of drug-likeness (QED) is 0.865. The van der Waals surface area contributed by atoms with Crippen LogP contribution >= 0.6 is 35.4 Å². The van der Waals surface area contributed by atoms with E-state index in [1.807, 2.05) is 18.2 Å². The van der Waals surface area contributed by atoms with Crippen LogP contribution in [0, 0.1) is 0 Å². The molecule has 2 rings (SSSR count). The van der Waals surface area contributed by atoms with Gasteiger partial charge in [-0.1, -0.05) is 41.5 Å². The molecule has 1 aromatic rings. The summed E-state index contributed by atoms with van der Waals surface area (Å²) in [5.41, 5.74) is 6.70. The summed E-state index contributed by atoms with van der Waals surface area (Å²) >= 11 is 17.6. The Kier molecular flexibility index (Phi) is 4.26. The van der Waals surface area contributed by atoms with E-state index in [9.17, 15) is 0 Å². The highest BCUT2D eigenvalue weighted by Crippen LogP contribution is 2.35. The molecule has 1 atom stereocenters. The molecule has 1 aliphatic heterocycles. The van der Waals surface area contributed by atoms with Gasteiger partial charge >= 0.3 is 0 Å². The third kappa shape index (κ3) is 2.74. The average molecular weight is 289 g/mol. The van der Waals surface area contributed by atoms with Gasteiger partial charge < -0.3 is 5.73 Å². The summed E-state index contributed by atoms with van der Waals surface area (Å²) in [7, 11) is 0. The fourth-order valence-electron chi connectivity index (χ4n) is 2.28. The lowest BCUT2D eigenvalue weighted by atomic mass is 10.1. The van der Waals surface area contributed by atoms with Gasteiger partial charge in [0, 0.05) is 15.6 Å². The van der Waals surface area contributed by atoms with Crippen LogP contribution in [0.25, 0.3) is 0 Å². The van der Waals surface area contributed by atoms with Gasteiger partial charge in [-0.15, -0.1) is 0 Å². The van der Waals surface area contributed by atoms with Gasteiger partial charge in [0.25, 0.3) is 0 Å². The molecule has 2 N–H and O–H groups in total. The number of nitrogens with zero attached hydrogens (tertiary/aromatic N) is 1. The number of hydrogen-bond acceptors (Lipinski definition) is 2. The molecule has 0 bridgehead atoms. The fraction of sp³-hybridized carbons (Fsp3) is 0.417. The third-order valence-electron chi connectivity index (χ3n) is 3.05. The van der Waals surface area contributed by atoms with E-state index in [0.29, 0.717) is 15.0 Å². The van der Waals surface area contributed by atoms with Crippen LogP contribution in [-0.4, -0.2) is 23.0 Å². The predicted octanol–water partition coefficient (Wildman–Crippen LogP) is 3.42. The molecule has 0 amide bonds. The second kappa shape index (κ2) is 5.53. The Labute approximate surface area is 117 Å². The van der Waals surface area contributed by atoms with E-state index in [4.69, 9.17) is 41.2 Å². The van der Waals surface area contributed by atoms with E-state index in [0.717, 1.165) is 18.7 Å². The number of hydrogen-bond donors (Lipinski definition) is 1. The first-order valence-electron chi connectivity index (χ1n) is 5.58. The van der Waals surface area contributed by atoms with Crippen LogP contribution in [0.1, 0.15) is 24.4 Å². The van der Waals surface area contributed by atoms with Crippen molar-refractivity contribution in [1.29, 1.82) is 0 Å². The van der Waals surface area contributed by atoms with Crippen molar-refractivity contribution in [2.45, 2.75) is 18.9 Å². The lowest BCUT2D eigenvalue weighted by molar-refractivity contribution is 0.305. The SMILES string of the molecule is NC(=S)C(c1c(Cl)cccc1Cl)N1CCCC1. The second-order valence-corrected chi connectivity index (χ2v) is 5.47. The van der Waals surface area contributed by atoms with E-state index < -0.39 is 0 Å². The zero-order chi connectivity index (χ0) is 12.4. The molecule has 5 heteroatoms. The molecular weight excluding hydrogens is 275 g/mol. The molecule has 0 aliphatic carbocycles. The first kappa shape index (κ1) is 13.1. The Balaban J connectivity index is 2.42. The van der Waals surface area contributed by atoms with Crippen molar-refractivity contribution in [3.63, 3.8) is 0 Å². The number of benzene rings is 1. The standard InChI is InChI=1S/C12H14Cl2N2S/c13-8-4-3-5-9(14)10(8)11(12(15)17)16-6-1-2-7-16/h3-5,11H,1-2,6-7H2,(H2,15,17). The summed E-state index contributed by atoms with van der Waals surface area (Å²) < 4.78 is 0. The van der Waals surface area contributed by atoms with Crippen molar-refractivity contribution >= 4 is 40.4 Å². The fourth-order valence-corrected chi connectivity index (χ4v) is 3.15. The molecule has 1 aliphatic rings. The largest absolute Gasteiger partial charge is 0.392 e. The average Bonchev–Trinajstić information content (AvgIpc) is 2.76. The topological polar surface area (TPSA) is 29.3 Å². The van der Waals surface area contributed by atoms with Crippen molar-refractivity contribution < 1.29 is 0 Å². The molecule has 1 heterocycles. The summed E-state index contributed by atoms with van der Waals surface area (Å²) in [6, 6.07) is 5.33. The molecule has 1 fully saturated rings. The molecule has 0 spiro atoms. The van der Waals surface area contributed by atoms with E-state index in [1.165, 1.54) is 12.8 Å². The van der Waals surface area contributed by atoms with Crippen molar-refractivity contribution in [1.82, 2.24) is 4.90 Å². The zero-order valence-corrected chi connectivity index (χ0v) is 11.7. The summed E-state index contributed by atoms with van der Waals surface area (Å²) in [6.45, 7) is 1.98. The highest BCUT2D eigenvalue weighted by molar-refractivity contribution is 7.80. The van der Waals surface area contributed by atoms with Crippen LogP contribution in [0.2, 0.25) is 10.0 Å². The number of halogens is 2. The smallest absolute Gasteiger partial charge is 0.0949 e. The minimum atomic E-state index is -0.145. The molecule has 92 valence electrons. The third-order valence-corrected chi connectivity index (χ3v) is 3.93. The first-order valence-corrected chi connectivity index (χ1v) is 6.75. The Morgan fingerprint density at radius 3 is 2.24 bits per heavy atom. The van der Waals surface area contributed by atoms with Gasteiger partial charge in [-0.2, -0.15) is 0 Å². The van der Waals surface area contributed by atoms with Gasteiger partial charge in [0.1, 0.15) is 0 Å². The minimum Gasteiger partial charge on any atom is -0.392 e. The first-order chi connectivity index (χ1) is 8.11. The van der Waals surface area contributed by atoms with Crippen molar-refractivity contribution in [2.75, 3.05) is 13.1 Å². The number of rotatable bonds is 3. The molecule has 0 radical (unpaired) electrons. The summed E-state index contributed by atoms with van der Waals surface area (Å²) in [4.78, 5) is 2.68. The molecule has 1 aromatic carbocycles. The van der Waals surface area contributed by atoms with Crippen LogP contribution in [0.3, 0.4) is 0 Å². The van der Waals surface area contributed by atoms with Gasteiger partial charge in [-0.3, -0.25) is 4.90 Å². The van der Waals surface area contributed by atoms with E-state index in [1.54, 1.807) is 0 Å². The summed E-state index contributed by atoms with van der Waals surface area (Å²) in [6.07, 6.45) is 2.34. The van der Waals surface area contributed by atoms with E-state index >= 15 is 0 Å². The van der Waals surface area contributed by atoms with Gasteiger partial charge in [-0.25, -0.2) is 0 Å². The van der Waals surface area contributed by atoms with Crippen LogP contribution < -0.4 is 5.73 Å². The maximum absolute atomic E-state index is 6.22. The molecule has 17 heavy (non-hydrogen) atoms. The highest BCUT2D eigenvalue weighted by Gasteiger charge is 2.28. The van der Waals surface area contributed by atoms with E-state index in [2.05, 4.69) is 4.90 Å². The van der Waals surface area contributed by atoms with Crippen LogP contribution in [0.4, 0.5) is 0 Å². The van der Waals surface area contributed by atoms with Crippen LogP contribution in [0.5, 0.6) is 0 Å². The minimum absolute atomic E-state index is 0.145. The molecule has 0 aromatic heterocycles. The number of likely N-dealkylation sites (tertiary alicyclic amines) is 1. The Bertz CT molecular complexity index is 410. The second-order valence-electron chi connectivity index (χ2n) is 4.18. The number of nitrogens with two attached hydrogens (primary N) is 1. The van der Waals surface area contributed by atoms with Crippen molar-refractivity contribution in [3.8, 4) is 0 Å². The Morgan fingerprint density at radius 1 is 1.24 bits per heavy atom. The van der Waals surface area contributed by atoms with Gasteiger partial charge in [0.15, 0.2) is 0 Å². The summed E-state index contributed by atoms with van der Waals surface area (Å²) in [5.74, 6) is 0. The number of thiocarbonyl (C=S) groups is 1. The maximum Gasteiger partial charge on any atom is 0.0949 e. The van der Waals surface area contributed by atoms with Crippen LogP contribution in [-0.2, 0) is 0 Å². The predicted molar refractivity (Wildman–Crippen MR) is 76.8 cm³/mol.